The Morgan fingerprint density at radius 1 is 0.688 bits per heavy atom. The zero-order chi connectivity index (χ0) is 24.9. The monoisotopic (exact) mass is 462 g/mol. The van der Waals surface area contributed by atoms with E-state index >= 15 is 0 Å². The molecule has 0 aromatic heterocycles. The Kier molecular flexibility index (Phi) is 20.6. The van der Waals surface area contributed by atoms with Crippen LogP contribution in [0.4, 0.5) is 0 Å². The number of rotatable bonds is 17. The van der Waals surface area contributed by atoms with Gasteiger partial charge in [0.15, 0.2) is 0 Å². The van der Waals surface area contributed by atoms with E-state index in [2.05, 4.69) is 10.6 Å². The Bertz CT molecular complexity index is 545. The van der Waals surface area contributed by atoms with Gasteiger partial charge in [0.2, 0.25) is 11.8 Å². The van der Waals surface area contributed by atoms with Crippen LogP contribution in [0.15, 0.2) is 0 Å². The molecule has 0 aliphatic carbocycles. The average Bonchev–Trinajstić information content (AvgIpc) is 2.71. The van der Waals surface area contributed by atoms with Crippen molar-refractivity contribution in [2.45, 2.75) is 82.8 Å². The summed E-state index contributed by atoms with van der Waals surface area (Å²) < 4.78 is 0. The minimum atomic E-state index is -1.11. The molecule has 0 bridgehead atoms. The van der Waals surface area contributed by atoms with Crippen LogP contribution in [0.1, 0.15) is 64.7 Å². The number of amides is 2. The topological polar surface area (TPSA) is 237 Å². The summed E-state index contributed by atoms with van der Waals surface area (Å²) in [6, 6.07) is -2.61. The van der Waals surface area contributed by atoms with Gasteiger partial charge < -0.3 is 43.8 Å². The highest BCUT2D eigenvalue weighted by atomic mass is 16.4. The van der Waals surface area contributed by atoms with E-state index in [0.717, 1.165) is 19.8 Å². The second kappa shape index (κ2) is 20.6. The summed E-state index contributed by atoms with van der Waals surface area (Å²) in [5.41, 5.74) is 22.2. The number of unbranched alkanes of at least 4 members (excludes halogenated alkanes) is 3. The van der Waals surface area contributed by atoms with Crippen LogP contribution in [0.3, 0.4) is 0 Å². The predicted octanol–water partition coefficient (Wildman–Crippen LogP) is -1.15. The number of carbonyl (C=O) groups excluding carboxylic acids is 2. The normalized spacial score (nSPS) is 13.2. The molecular formula is C20H42N6O6. The molecule has 0 saturated carbocycles. The third kappa shape index (κ3) is 18.5. The zero-order valence-corrected chi connectivity index (χ0v) is 19.1. The molecule has 0 unspecified atom stereocenters. The fourth-order valence-corrected chi connectivity index (χ4v) is 2.70. The number of hydrogen-bond acceptors (Lipinski definition) is 8. The molecule has 0 spiro atoms. The van der Waals surface area contributed by atoms with Crippen LogP contribution < -0.4 is 33.6 Å². The molecule has 0 saturated heterocycles. The SMILES string of the molecule is CC(=O)O.NCCCC[C@H](NC(=O)[C@H](CCCCN)NC(=O)[C@@H](N)CCCCN)C(=O)O. The number of nitrogens with one attached hydrogen (secondary N) is 2. The standard InChI is InChI=1S/C18H38N6O4.C2H4O2/c19-10-4-1-7-13(22)16(25)23-14(8-2-5-11-20)17(26)24-15(18(27)28)9-3-6-12-21;1-2(3)4/h13-15H,1-12,19-22H2,(H,23,25)(H,24,26)(H,27,28);1H3,(H,3,4)/t13-,14-,15-;/m0./s1. The van der Waals surface area contributed by atoms with Gasteiger partial charge in [-0.05, 0) is 71.0 Å². The Morgan fingerprint density at radius 2 is 1.06 bits per heavy atom. The molecule has 0 aliphatic rings. The van der Waals surface area contributed by atoms with Crippen molar-refractivity contribution in [3.8, 4) is 0 Å². The zero-order valence-electron chi connectivity index (χ0n) is 19.1. The summed E-state index contributed by atoms with van der Waals surface area (Å²) in [4.78, 5) is 45.3. The molecule has 0 fully saturated rings. The van der Waals surface area contributed by atoms with E-state index in [1.807, 2.05) is 0 Å². The van der Waals surface area contributed by atoms with Gasteiger partial charge in [-0.15, -0.1) is 0 Å². The van der Waals surface area contributed by atoms with Crippen LogP contribution in [0.5, 0.6) is 0 Å². The first-order chi connectivity index (χ1) is 15.1. The molecule has 0 heterocycles. The highest BCUT2D eigenvalue weighted by Crippen LogP contribution is 2.06. The fourth-order valence-electron chi connectivity index (χ4n) is 2.70. The van der Waals surface area contributed by atoms with E-state index in [-0.39, 0.29) is 6.42 Å². The molecule has 12 N–H and O–H groups in total. The molecule has 32 heavy (non-hydrogen) atoms. The molecule has 3 atom stereocenters. The van der Waals surface area contributed by atoms with Crippen LogP contribution in [0.2, 0.25) is 0 Å². The van der Waals surface area contributed by atoms with E-state index in [1.165, 1.54) is 0 Å². The third-order valence-corrected chi connectivity index (χ3v) is 4.45. The number of aliphatic carboxylic acids is 2. The van der Waals surface area contributed by atoms with Crippen molar-refractivity contribution in [1.82, 2.24) is 10.6 Å². The van der Waals surface area contributed by atoms with Gasteiger partial charge in [-0.3, -0.25) is 14.4 Å². The molecule has 2 amide bonds. The molecule has 0 rings (SSSR count). The van der Waals surface area contributed by atoms with Gasteiger partial charge in [0.05, 0.1) is 6.04 Å². The van der Waals surface area contributed by atoms with Crippen LogP contribution in [0, 0.1) is 0 Å². The molecular weight excluding hydrogens is 420 g/mol. The molecule has 0 radical (unpaired) electrons. The molecule has 0 aromatic carbocycles. The quantitative estimate of drug-likeness (QED) is 0.121. The highest BCUT2D eigenvalue weighted by molar-refractivity contribution is 5.91. The summed E-state index contributed by atoms with van der Waals surface area (Å²) in [7, 11) is 0. The summed E-state index contributed by atoms with van der Waals surface area (Å²) in [6.45, 7) is 2.54. The maximum absolute atomic E-state index is 12.6. The number of carboxylic acid groups (broad SMARTS) is 2. The van der Waals surface area contributed by atoms with Crippen molar-refractivity contribution >= 4 is 23.8 Å². The Labute approximate surface area is 189 Å². The lowest BCUT2D eigenvalue weighted by Gasteiger charge is -2.23. The van der Waals surface area contributed by atoms with Crippen LogP contribution in [-0.4, -0.2) is 71.7 Å². The minimum absolute atomic E-state index is 0.278. The van der Waals surface area contributed by atoms with Crippen LogP contribution >= 0.6 is 0 Å². The Morgan fingerprint density at radius 3 is 1.47 bits per heavy atom. The lowest BCUT2D eigenvalue weighted by atomic mass is 10.0. The van der Waals surface area contributed by atoms with Crippen LogP contribution in [0.25, 0.3) is 0 Å². The van der Waals surface area contributed by atoms with Crippen molar-refractivity contribution in [1.29, 1.82) is 0 Å². The number of carbonyl (C=O) groups is 4. The summed E-state index contributed by atoms with van der Waals surface area (Å²) in [6.07, 6.45) is 5.18. The number of carboxylic acids is 2. The molecule has 12 heteroatoms. The van der Waals surface area contributed by atoms with Gasteiger partial charge in [-0.2, -0.15) is 0 Å². The van der Waals surface area contributed by atoms with Gasteiger partial charge in [0.1, 0.15) is 12.1 Å². The van der Waals surface area contributed by atoms with Gasteiger partial charge in [0, 0.05) is 6.92 Å². The van der Waals surface area contributed by atoms with Gasteiger partial charge in [0.25, 0.3) is 5.97 Å². The van der Waals surface area contributed by atoms with Crippen molar-refractivity contribution in [2.75, 3.05) is 19.6 Å². The smallest absolute Gasteiger partial charge is 0.326 e. The van der Waals surface area contributed by atoms with Crippen molar-refractivity contribution in [3.05, 3.63) is 0 Å². The van der Waals surface area contributed by atoms with E-state index in [0.29, 0.717) is 58.2 Å². The number of nitrogens with two attached hydrogens (primary N) is 4. The third-order valence-electron chi connectivity index (χ3n) is 4.45. The van der Waals surface area contributed by atoms with Gasteiger partial charge >= 0.3 is 5.97 Å². The van der Waals surface area contributed by atoms with Crippen LogP contribution in [-0.2, 0) is 19.2 Å². The van der Waals surface area contributed by atoms with E-state index in [1.54, 1.807) is 0 Å². The highest BCUT2D eigenvalue weighted by Gasteiger charge is 2.27. The van der Waals surface area contributed by atoms with Crippen molar-refractivity contribution in [2.24, 2.45) is 22.9 Å². The largest absolute Gasteiger partial charge is 0.481 e. The van der Waals surface area contributed by atoms with E-state index in [4.69, 9.17) is 32.8 Å². The Hall–Kier alpha value is -2.28. The number of hydrogen-bond donors (Lipinski definition) is 8. The van der Waals surface area contributed by atoms with Gasteiger partial charge in [-0.25, -0.2) is 4.79 Å². The lowest BCUT2D eigenvalue weighted by molar-refractivity contribution is -0.142. The molecule has 0 aromatic rings. The summed E-state index contributed by atoms with van der Waals surface area (Å²) in [5.74, 6) is -2.91. The first-order valence-corrected chi connectivity index (χ1v) is 11.0. The van der Waals surface area contributed by atoms with Gasteiger partial charge in [-0.1, -0.05) is 6.42 Å². The second-order valence-electron chi connectivity index (χ2n) is 7.44. The molecule has 0 aliphatic heterocycles. The summed E-state index contributed by atoms with van der Waals surface area (Å²) >= 11 is 0. The minimum Gasteiger partial charge on any atom is -0.481 e. The first-order valence-electron chi connectivity index (χ1n) is 11.0. The molecule has 188 valence electrons. The van der Waals surface area contributed by atoms with Crippen molar-refractivity contribution in [3.63, 3.8) is 0 Å². The lowest BCUT2D eigenvalue weighted by Crippen LogP contribution is -2.54. The maximum Gasteiger partial charge on any atom is 0.326 e. The second-order valence-corrected chi connectivity index (χ2v) is 7.44. The first kappa shape index (κ1) is 31.9. The fraction of sp³-hybridized carbons (Fsp3) is 0.800. The van der Waals surface area contributed by atoms with E-state index < -0.39 is 41.9 Å². The average molecular weight is 463 g/mol. The van der Waals surface area contributed by atoms with E-state index in [9.17, 15) is 19.5 Å². The van der Waals surface area contributed by atoms with Crippen molar-refractivity contribution < 1.29 is 29.4 Å². The summed E-state index contributed by atoms with van der Waals surface area (Å²) in [5, 5.41) is 21.9. The Balaban J connectivity index is 0. The molecule has 12 nitrogen and oxygen atoms in total. The maximum atomic E-state index is 12.6. The predicted molar refractivity (Wildman–Crippen MR) is 121 cm³/mol.